The third kappa shape index (κ3) is 3.70. The molecule has 1 aliphatic carbocycles. The summed E-state index contributed by atoms with van der Waals surface area (Å²) >= 11 is 0. The van der Waals surface area contributed by atoms with Gasteiger partial charge >= 0.3 is 0 Å². The molecule has 3 rings (SSSR count). The highest BCUT2D eigenvalue weighted by molar-refractivity contribution is 5.91. The first-order valence-electron chi connectivity index (χ1n) is 7.84. The molecule has 8 nitrogen and oxygen atoms in total. The van der Waals surface area contributed by atoms with Gasteiger partial charge in [0.2, 0.25) is 0 Å². The molecule has 0 radical (unpaired) electrons. The third-order valence-electron chi connectivity index (χ3n) is 4.01. The van der Waals surface area contributed by atoms with Crippen LogP contribution in [0.25, 0.3) is 0 Å². The minimum absolute atomic E-state index is 0.0767. The number of hydrogen-bond donors (Lipinski definition) is 1. The first kappa shape index (κ1) is 16.0. The quantitative estimate of drug-likeness (QED) is 0.648. The van der Waals surface area contributed by atoms with Crippen molar-refractivity contribution in [1.29, 1.82) is 0 Å². The molecule has 1 heterocycles. The molecule has 1 fully saturated rings. The Labute approximate surface area is 138 Å². The van der Waals surface area contributed by atoms with E-state index in [1.807, 2.05) is 4.68 Å². The van der Waals surface area contributed by atoms with Gasteiger partial charge in [-0.2, -0.15) is 5.10 Å². The molecule has 8 heteroatoms. The van der Waals surface area contributed by atoms with E-state index in [0.29, 0.717) is 11.9 Å². The van der Waals surface area contributed by atoms with Gasteiger partial charge in [0, 0.05) is 12.1 Å². The van der Waals surface area contributed by atoms with Crippen LogP contribution in [-0.4, -0.2) is 27.2 Å². The standard InChI is InChI=1S/C16H18N4O4/c21-16(11-24-14-7-3-6-13(10-14)20(22)23)18-15-8-9-17-19(15)12-4-1-2-5-12/h3,6-10,12H,1-2,4-5,11H2,(H,18,21). The van der Waals surface area contributed by atoms with Gasteiger partial charge in [-0.3, -0.25) is 14.9 Å². The smallest absolute Gasteiger partial charge is 0.273 e. The Hall–Kier alpha value is -2.90. The van der Waals surface area contributed by atoms with E-state index < -0.39 is 4.92 Å². The zero-order chi connectivity index (χ0) is 16.9. The van der Waals surface area contributed by atoms with E-state index in [-0.39, 0.29) is 24.0 Å². The second-order valence-corrected chi connectivity index (χ2v) is 5.69. The highest BCUT2D eigenvalue weighted by atomic mass is 16.6. The molecular weight excluding hydrogens is 312 g/mol. The van der Waals surface area contributed by atoms with Crippen LogP contribution >= 0.6 is 0 Å². The molecule has 0 bridgehead atoms. The Bertz CT molecular complexity index is 737. The van der Waals surface area contributed by atoms with Gasteiger partial charge in [-0.15, -0.1) is 0 Å². The van der Waals surface area contributed by atoms with Crippen LogP contribution in [0.2, 0.25) is 0 Å². The van der Waals surface area contributed by atoms with Gasteiger partial charge < -0.3 is 10.1 Å². The molecule has 0 aliphatic heterocycles. The number of ether oxygens (including phenoxy) is 1. The lowest BCUT2D eigenvalue weighted by Gasteiger charge is -2.14. The van der Waals surface area contributed by atoms with Gasteiger partial charge in [-0.25, -0.2) is 4.68 Å². The van der Waals surface area contributed by atoms with Gasteiger partial charge in [-0.05, 0) is 18.9 Å². The number of benzene rings is 1. The Balaban J connectivity index is 1.57. The molecule has 126 valence electrons. The number of nitrogens with one attached hydrogen (secondary N) is 1. The van der Waals surface area contributed by atoms with E-state index in [2.05, 4.69) is 10.4 Å². The number of anilines is 1. The number of amides is 1. The molecule has 1 saturated carbocycles. The molecule has 1 aromatic heterocycles. The SMILES string of the molecule is O=C(COc1cccc([N+](=O)[O-])c1)Nc1ccnn1C1CCCC1. The van der Waals surface area contributed by atoms with E-state index in [1.165, 1.54) is 31.0 Å². The summed E-state index contributed by atoms with van der Waals surface area (Å²) in [6.07, 6.45) is 6.14. The summed E-state index contributed by atoms with van der Waals surface area (Å²) in [4.78, 5) is 22.3. The molecular formula is C16H18N4O4. The van der Waals surface area contributed by atoms with E-state index in [9.17, 15) is 14.9 Å². The molecule has 0 spiro atoms. The number of rotatable bonds is 6. The van der Waals surface area contributed by atoms with Crippen molar-refractivity contribution in [3.8, 4) is 5.75 Å². The van der Waals surface area contributed by atoms with E-state index in [4.69, 9.17) is 4.74 Å². The molecule has 0 saturated heterocycles. The zero-order valence-corrected chi connectivity index (χ0v) is 13.1. The minimum atomic E-state index is -0.507. The predicted molar refractivity (Wildman–Crippen MR) is 87.0 cm³/mol. The van der Waals surface area contributed by atoms with E-state index in [0.717, 1.165) is 12.8 Å². The summed E-state index contributed by atoms with van der Waals surface area (Å²) in [5, 5.41) is 17.8. The van der Waals surface area contributed by atoms with Crippen molar-refractivity contribution >= 4 is 17.4 Å². The second kappa shape index (κ2) is 7.12. The first-order valence-corrected chi connectivity index (χ1v) is 7.84. The van der Waals surface area contributed by atoms with Crippen LogP contribution in [0.15, 0.2) is 36.5 Å². The summed E-state index contributed by atoms with van der Waals surface area (Å²) in [5.41, 5.74) is -0.0767. The number of nitrogens with zero attached hydrogens (tertiary/aromatic N) is 3. The Morgan fingerprint density at radius 1 is 1.38 bits per heavy atom. The highest BCUT2D eigenvalue weighted by Crippen LogP contribution is 2.31. The van der Waals surface area contributed by atoms with Crippen LogP contribution < -0.4 is 10.1 Å². The molecule has 1 aliphatic rings. The maximum absolute atomic E-state index is 12.1. The lowest BCUT2D eigenvalue weighted by Crippen LogP contribution is -2.23. The summed E-state index contributed by atoms with van der Waals surface area (Å²) < 4.78 is 7.17. The summed E-state index contributed by atoms with van der Waals surface area (Å²) in [6.45, 7) is -0.225. The van der Waals surface area contributed by atoms with Crippen molar-refractivity contribution in [2.45, 2.75) is 31.7 Å². The monoisotopic (exact) mass is 330 g/mol. The fraction of sp³-hybridized carbons (Fsp3) is 0.375. The van der Waals surface area contributed by atoms with Crippen LogP contribution in [0.4, 0.5) is 11.5 Å². The Morgan fingerprint density at radius 3 is 2.92 bits per heavy atom. The highest BCUT2D eigenvalue weighted by Gasteiger charge is 2.20. The minimum Gasteiger partial charge on any atom is -0.484 e. The van der Waals surface area contributed by atoms with Crippen molar-refractivity contribution in [2.24, 2.45) is 0 Å². The van der Waals surface area contributed by atoms with Crippen LogP contribution in [-0.2, 0) is 4.79 Å². The number of nitro benzene ring substituents is 1. The summed E-state index contributed by atoms with van der Waals surface area (Å²) in [6, 6.07) is 7.82. The van der Waals surface area contributed by atoms with Gasteiger partial charge in [0.1, 0.15) is 11.6 Å². The normalized spacial score (nSPS) is 14.5. The Kier molecular flexibility index (Phi) is 4.74. The van der Waals surface area contributed by atoms with Crippen molar-refractivity contribution in [3.63, 3.8) is 0 Å². The van der Waals surface area contributed by atoms with Gasteiger partial charge in [-0.1, -0.05) is 18.9 Å². The van der Waals surface area contributed by atoms with Crippen LogP contribution in [0, 0.1) is 10.1 Å². The maximum Gasteiger partial charge on any atom is 0.273 e. The fourth-order valence-corrected chi connectivity index (χ4v) is 2.87. The maximum atomic E-state index is 12.1. The average molecular weight is 330 g/mol. The Morgan fingerprint density at radius 2 is 2.17 bits per heavy atom. The second-order valence-electron chi connectivity index (χ2n) is 5.69. The van der Waals surface area contributed by atoms with Crippen molar-refractivity contribution in [2.75, 3.05) is 11.9 Å². The molecule has 0 unspecified atom stereocenters. The van der Waals surface area contributed by atoms with E-state index >= 15 is 0 Å². The van der Waals surface area contributed by atoms with E-state index in [1.54, 1.807) is 18.3 Å². The van der Waals surface area contributed by atoms with Crippen molar-refractivity contribution in [1.82, 2.24) is 9.78 Å². The number of carbonyl (C=O) groups excluding carboxylic acids is 1. The summed E-state index contributed by atoms with van der Waals surface area (Å²) in [5.74, 6) is 0.597. The fourth-order valence-electron chi connectivity index (χ4n) is 2.87. The van der Waals surface area contributed by atoms with Gasteiger partial charge in [0.25, 0.3) is 11.6 Å². The lowest BCUT2D eigenvalue weighted by molar-refractivity contribution is -0.384. The number of carbonyl (C=O) groups is 1. The molecule has 1 aromatic carbocycles. The average Bonchev–Trinajstić information content (AvgIpc) is 3.24. The topological polar surface area (TPSA) is 99.3 Å². The summed E-state index contributed by atoms with van der Waals surface area (Å²) in [7, 11) is 0. The van der Waals surface area contributed by atoms with Crippen molar-refractivity contribution < 1.29 is 14.5 Å². The lowest BCUT2D eigenvalue weighted by atomic mass is 10.2. The third-order valence-corrected chi connectivity index (χ3v) is 4.01. The predicted octanol–water partition coefficient (Wildman–Crippen LogP) is 2.92. The van der Waals surface area contributed by atoms with Crippen molar-refractivity contribution in [3.05, 3.63) is 46.6 Å². The van der Waals surface area contributed by atoms with Crippen LogP contribution in [0.1, 0.15) is 31.7 Å². The number of hydrogen-bond acceptors (Lipinski definition) is 5. The first-order chi connectivity index (χ1) is 11.6. The van der Waals surface area contributed by atoms with Crippen LogP contribution in [0.3, 0.4) is 0 Å². The number of non-ortho nitro benzene ring substituents is 1. The zero-order valence-electron chi connectivity index (χ0n) is 13.1. The molecule has 1 N–H and O–H groups in total. The number of aromatic nitrogens is 2. The van der Waals surface area contributed by atoms with Gasteiger partial charge in [0.15, 0.2) is 6.61 Å². The number of nitro groups is 1. The molecule has 1 amide bonds. The molecule has 2 aromatic rings. The van der Waals surface area contributed by atoms with Crippen LogP contribution in [0.5, 0.6) is 5.75 Å². The van der Waals surface area contributed by atoms with Gasteiger partial charge in [0.05, 0.1) is 23.2 Å². The molecule has 24 heavy (non-hydrogen) atoms. The molecule has 0 atom stereocenters. The largest absolute Gasteiger partial charge is 0.484 e.